The summed E-state index contributed by atoms with van der Waals surface area (Å²) in [5, 5.41) is 11.4. The molecule has 1 atom stereocenters. The third kappa shape index (κ3) is 4.64. The minimum atomic E-state index is -0.876. The summed E-state index contributed by atoms with van der Waals surface area (Å²) in [5.74, 6) is -1.58. The van der Waals surface area contributed by atoms with E-state index in [1.807, 2.05) is 13.8 Å². The summed E-state index contributed by atoms with van der Waals surface area (Å²) in [4.78, 5) is 21.8. The quantitative estimate of drug-likeness (QED) is 0.628. The van der Waals surface area contributed by atoms with Gasteiger partial charge in [0, 0.05) is 13.0 Å². The van der Waals surface area contributed by atoms with E-state index in [0.29, 0.717) is 0 Å². The fourth-order valence-electron chi connectivity index (χ4n) is 1.04. The van der Waals surface area contributed by atoms with Crippen LogP contribution in [-0.4, -0.2) is 23.5 Å². The Hall–Kier alpha value is -1.32. The maximum Gasteiger partial charge on any atom is 0.308 e. The highest BCUT2D eigenvalue weighted by molar-refractivity contribution is 5.78. The van der Waals surface area contributed by atoms with E-state index in [4.69, 9.17) is 5.11 Å². The molecule has 1 amide bonds. The van der Waals surface area contributed by atoms with Gasteiger partial charge in [-0.25, -0.2) is 0 Å². The van der Waals surface area contributed by atoms with Gasteiger partial charge in [-0.1, -0.05) is 19.9 Å². The minimum Gasteiger partial charge on any atom is -0.481 e. The van der Waals surface area contributed by atoms with Crippen molar-refractivity contribution in [1.82, 2.24) is 5.32 Å². The van der Waals surface area contributed by atoms with Gasteiger partial charge in [-0.2, -0.15) is 0 Å². The lowest BCUT2D eigenvalue weighted by molar-refractivity contribution is -0.143. The smallest absolute Gasteiger partial charge is 0.308 e. The molecule has 0 spiro atoms. The molecule has 0 aromatic carbocycles. The van der Waals surface area contributed by atoms with E-state index in [9.17, 15) is 9.59 Å². The number of carbonyl (C=O) groups is 2. The van der Waals surface area contributed by atoms with Gasteiger partial charge in [0.05, 0.1) is 5.92 Å². The Labute approximate surface area is 84.0 Å². The molecule has 2 N–H and O–H groups in total. The Balaban J connectivity index is 4.00. The van der Waals surface area contributed by atoms with Crippen molar-refractivity contribution in [1.29, 1.82) is 0 Å². The van der Waals surface area contributed by atoms with Crippen molar-refractivity contribution in [2.45, 2.75) is 20.3 Å². The first kappa shape index (κ1) is 12.7. The largest absolute Gasteiger partial charge is 0.481 e. The van der Waals surface area contributed by atoms with Crippen LogP contribution in [0.5, 0.6) is 0 Å². The maximum absolute atomic E-state index is 11.0. The first-order valence-electron chi connectivity index (χ1n) is 4.59. The molecule has 80 valence electrons. The summed E-state index contributed by atoms with van der Waals surface area (Å²) in [6.45, 7) is 7.24. The predicted octanol–water partition coefficient (Wildman–Crippen LogP) is 1.04. The van der Waals surface area contributed by atoms with E-state index in [2.05, 4.69) is 11.9 Å². The van der Waals surface area contributed by atoms with Crippen molar-refractivity contribution in [3.05, 3.63) is 12.7 Å². The highest BCUT2D eigenvalue weighted by Gasteiger charge is 2.21. The van der Waals surface area contributed by atoms with E-state index in [0.717, 1.165) is 0 Å². The van der Waals surface area contributed by atoms with Crippen molar-refractivity contribution >= 4 is 11.9 Å². The van der Waals surface area contributed by atoms with Gasteiger partial charge >= 0.3 is 5.97 Å². The van der Waals surface area contributed by atoms with E-state index >= 15 is 0 Å². The zero-order chi connectivity index (χ0) is 11.1. The number of hydrogen-bond donors (Lipinski definition) is 2. The monoisotopic (exact) mass is 199 g/mol. The summed E-state index contributed by atoms with van der Waals surface area (Å²) in [6, 6.07) is 0. The van der Waals surface area contributed by atoms with Gasteiger partial charge in [-0.3, -0.25) is 9.59 Å². The van der Waals surface area contributed by atoms with E-state index in [-0.39, 0.29) is 24.8 Å². The van der Waals surface area contributed by atoms with E-state index in [1.165, 1.54) is 6.08 Å². The van der Waals surface area contributed by atoms with Crippen molar-refractivity contribution in [3.63, 3.8) is 0 Å². The minimum absolute atomic E-state index is 0.0107. The zero-order valence-electron chi connectivity index (χ0n) is 8.62. The molecule has 0 aromatic rings. The molecule has 0 aliphatic rings. The van der Waals surface area contributed by atoms with Gasteiger partial charge in [0.2, 0.25) is 5.91 Å². The van der Waals surface area contributed by atoms with Crippen molar-refractivity contribution < 1.29 is 14.7 Å². The number of amides is 1. The van der Waals surface area contributed by atoms with Crippen LogP contribution < -0.4 is 5.32 Å². The van der Waals surface area contributed by atoms with E-state index < -0.39 is 11.9 Å². The van der Waals surface area contributed by atoms with Crippen LogP contribution >= 0.6 is 0 Å². The van der Waals surface area contributed by atoms with Crippen LogP contribution in [-0.2, 0) is 9.59 Å². The molecule has 14 heavy (non-hydrogen) atoms. The average Bonchev–Trinajstić information content (AvgIpc) is 2.03. The topological polar surface area (TPSA) is 66.4 Å². The molecular weight excluding hydrogens is 182 g/mol. The molecule has 0 fully saturated rings. The van der Waals surface area contributed by atoms with Crippen LogP contribution in [0.25, 0.3) is 0 Å². The van der Waals surface area contributed by atoms with Gasteiger partial charge in [0.1, 0.15) is 0 Å². The zero-order valence-corrected chi connectivity index (χ0v) is 8.62. The third-order valence-corrected chi connectivity index (χ3v) is 1.97. The third-order valence-electron chi connectivity index (χ3n) is 1.97. The highest BCUT2D eigenvalue weighted by atomic mass is 16.4. The van der Waals surface area contributed by atoms with Crippen LogP contribution in [0.3, 0.4) is 0 Å². The first-order valence-corrected chi connectivity index (χ1v) is 4.59. The van der Waals surface area contributed by atoms with Gasteiger partial charge in [-0.05, 0) is 5.92 Å². The maximum atomic E-state index is 11.0. The molecule has 0 aliphatic carbocycles. The summed E-state index contributed by atoms with van der Waals surface area (Å²) < 4.78 is 0. The molecule has 0 aromatic heterocycles. The molecular formula is C10H17NO3. The van der Waals surface area contributed by atoms with Crippen molar-refractivity contribution in [2.24, 2.45) is 11.8 Å². The summed E-state index contributed by atoms with van der Waals surface area (Å²) in [5.41, 5.74) is 0. The molecule has 4 heteroatoms. The lowest BCUT2D eigenvalue weighted by Crippen LogP contribution is -2.35. The molecule has 0 radical (unpaired) electrons. The summed E-state index contributed by atoms with van der Waals surface area (Å²) in [6.07, 6.45) is 1.71. The summed E-state index contributed by atoms with van der Waals surface area (Å²) >= 11 is 0. The molecule has 4 nitrogen and oxygen atoms in total. The summed E-state index contributed by atoms with van der Waals surface area (Å²) in [7, 11) is 0. The van der Waals surface area contributed by atoms with Crippen molar-refractivity contribution in [2.75, 3.05) is 6.54 Å². The second kappa shape index (κ2) is 6.18. The molecule has 1 unspecified atom stereocenters. The number of aliphatic carboxylic acids is 1. The number of rotatable bonds is 6. The number of carboxylic acids is 1. The number of hydrogen-bond acceptors (Lipinski definition) is 2. The normalized spacial score (nSPS) is 12.2. The fourth-order valence-corrected chi connectivity index (χ4v) is 1.04. The molecule has 0 saturated carbocycles. The number of carbonyl (C=O) groups excluding carboxylic acids is 1. The Morgan fingerprint density at radius 1 is 1.50 bits per heavy atom. The highest BCUT2D eigenvalue weighted by Crippen LogP contribution is 2.09. The molecule has 0 heterocycles. The predicted molar refractivity (Wildman–Crippen MR) is 53.8 cm³/mol. The fraction of sp³-hybridized carbons (Fsp3) is 0.600. The van der Waals surface area contributed by atoms with Gasteiger partial charge in [-0.15, -0.1) is 6.58 Å². The molecule has 0 aliphatic heterocycles. The Kier molecular flexibility index (Phi) is 5.60. The van der Waals surface area contributed by atoms with E-state index in [1.54, 1.807) is 0 Å². The average molecular weight is 199 g/mol. The lowest BCUT2D eigenvalue weighted by Gasteiger charge is -2.16. The molecule has 0 saturated heterocycles. The second-order valence-electron chi connectivity index (χ2n) is 3.49. The Bertz CT molecular complexity index is 223. The Morgan fingerprint density at radius 3 is 2.43 bits per heavy atom. The van der Waals surface area contributed by atoms with Crippen LogP contribution in [0.2, 0.25) is 0 Å². The SMILES string of the molecule is C=CCC(=O)NCC(C(=O)O)C(C)C. The van der Waals surface area contributed by atoms with Crippen LogP contribution in [0.15, 0.2) is 12.7 Å². The number of carboxylic acid groups (broad SMARTS) is 1. The van der Waals surface area contributed by atoms with Gasteiger partial charge in [0.25, 0.3) is 0 Å². The second-order valence-corrected chi connectivity index (χ2v) is 3.49. The van der Waals surface area contributed by atoms with Crippen LogP contribution in [0.4, 0.5) is 0 Å². The van der Waals surface area contributed by atoms with Crippen LogP contribution in [0, 0.1) is 11.8 Å². The first-order chi connectivity index (χ1) is 6.49. The van der Waals surface area contributed by atoms with Crippen LogP contribution in [0.1, 0.15) is 20.3 Å². The molecule has 0 bridgehead atoms. The van der Waals surface area contributed by atoms with Gasteiger partial charge in [0.15, 0.2) is 0 Å². The van der Waals surface area contributed by atoms with Gasteiger partial charge < -0.3 is 10.4 Å². The van der Waals surface area contributed by atoms with Crippen molar-refractivity contribution in [3.8, 4) is 0 Å². The standard InChI is InChI=1S/C10H17NO3/c1-4-5-9(12)11-6-8(7(2)3)10(13)14/h4,7-8H,1,5-6H2,2-3H3,(H,11,12)(H,13,14). The Morgan fingerprint density at radius 2 is 2.07 bits per heavy atom. The molecule has 0 rings (SSSR count). The lowest BCUT2D eigenvalue weighted by atomic mass is 9.96. The number of nitrogens with one attached hydrogen (secondary N) is 1.